The van der Waals surface area contributed by atoms with Crippen LogP contribution in [0.2, 0.25) is 0 Å². The van der Waals surface area contributed by atoms with Crippen molar-refractivity contribution >= 4 is 96.1 Å². The molecule has 4 heterocycles. The lowest BCUT2D eigenvalue weighted by atomic mass is 9.33. The Balaban J connectivity index is 0.862. The highest BCUT2D eigenvalue weighted by molar-refractivity contribution is 7.00. The first-order valence-electron chi connectivity index (χ1n) is 30.7. The van der Waals surface area contributed by atoms with Gasteiger partial charge in [-0.2, -0.15) is 0 Å². The molecule has 0 aliphatic carbocycles. The molecule has 0 unspecified atom stereocenters. The van der Waals surface area contributed by atoms with E-state index in [1.54, 1.807) is 0 Å². The number of hydrogen-bond donors (Lipinski definition) is 0. The Morgan fingerprint density at radius 3 is 1.39 bits per heavy atom. The van der Waals surface area contributed by atoms with E-state index in [0.29, 0.717) is 17.5 Å². The van der Waals surface area contributed by atoms with Crippen molar-refractivity contribution < 1.29 is 0 Å². The van der Waals surface area contributed by atoms with Crippen LogP contribution in [0.15, 0.2) is 322 Å². The molecule has 2 aliphatic heterocycles. The van der Waals surface area contributed by atoms with Crippen LogP contribution in [-0.4, -0.2) is 26.2 Å². The summed E-state index contributed by atoms with van der Waals surface area (Å²) in [4.78, 5) is 23.3. The number of aryl methyl sites for hydroxylation is 1. The van der Waals surface area contributed by atoms with E-state index in [0.717, 1.165) is 94.9 Å². The maximum absolute atomic E-state index is 5.44. The number of hydrogen-bond acceptors (Lipinski definition) is 6. The number of anilines is 9. The highest BCUT2D eigenvalue weighted by Crippen LogP contribution is 2.47. The third-order valence-corrected chi connectivity index (χ3v) is 17.8. The van der Waals surface area contributed by atoms with Gasteiger partial charge in [-0.05, 0) is 155 Å². The lowest BCUT2D eigenvalue weighted by Gasteiger charge is -2.44. The number of nitrogens with zero attached hydrogens (tertiary/aromatic N) is 7. The second-order valence-corrected chi connectivity index (χ2v) is 23.2. The zero-order valence-electron chi connectivity index (χ0n) is 49.3. The van der Waals surface area contributed by atoms with E-state index in [1.165, 1.54) is 44.7 Å². The van der Waals surface area contributed by atoms with Gasteiger partial charge in [0.25, 0.3) is 6.71 Å². The Morgan fingerprint density at radius 2 is 0.756 bits per heavy atom. The summed E-state index contributed by atoms with van der Waals surface area (Å²) in [5, 5.41) is 2.27. The maximum Gasteiger partial charge on any atom is 0.252 e. The fraction of sp³-hybridized carbons (Fsp3) is 0.0122. The first kappa shape index (κ1) is 52.5. The largest absolute Gasteiger partial charge is 0.311 e. The number of para-hydroxylation sites is 6. The Kier molecular flexibility index (Phi) is 12.7. The summed E-state index contributed by atoms with van der Waals surface area (Å²) in [5.41, 5.74) is 25.3. The molecule has 0 saturated carbocycles. The van der Waals surface area contributed by atoms with Crippen LogP contribution in [-0.2, 0) is 0 Å². The average molecular weight is 1150 g/mol. The monoisotopic (exact) mass is 1150 g/mol. The van der Waals surface area contributed by atoms with Crippen LogP contribution in [0.5, 0.6) is 0 Å². The van der Waals surface area contributed by atoms with Gasteiger partial charge in [-0.1, -0.05) is 212 Å². The SMILES string of the molecule is Cc1ccc2c(c1)c1cc(N(c3ccccc3)c3ccccc3)ccc1n2-c1c(-c2cccc(-c3cccc(N4c5ccccc5B5c6ccccc6N(c6ccccc6)c6cccc4c65)c3)c2)cccc1-c1nc(-c2ccccc2)nc(-c2ccccc2)n1. The molecule has 13 aromatic carbocycles. The van der Waals surface area contributed by atoms with E-state index in [9.17, 15) is 0 Å². The molecule has 0 bridgehead atoms. The van der Waals surface area contributed by atoms with Gasteiger partial charge in [-0.25, -0.2) is 15.0 Å². The van der Waals surface area contributed by atoms with Crippen LogP contribution in [0.4, 0.5) is 51.2 Å². The Bertz CT molecular complexity index is 5130. The number of aromatic nitrogens is 4. The van der Waals surface area contributed by atoms with E-state index in [2.05, 4.69) is 311 Å². The van der Waals surface area contributed by atoms with Crippen LogP contribution >= 0.6 is 0 Å². The predicted molar refractivity (Wildman–Crippen MR) is 375 cm³/mol. The summed E-state index contributed by atoms with van der Waals surface area (Å²) in [7, 11) is 0. The molecule has 0 amide bonds. The van der Waals surface area contributed by atoms with Gasteiger partial charge in [0.15, 0.2) is 17.5 Å². The van der Waals surface area contributed by atoms with Crippen LogP contribution in [0, 0.1) is 6.92 Å². The molecule has 0 radical (unpaired) electrons. The highest BCUT2D eigenvalue weighted by atomic mass is 15.2. The van der Waals surface area contributed by atoms with Crippen LogP contribution in [0.25, 0.3) is 83.9 Å². The summed E-state index contributed by atoms with van der Waals surface area (Å²) in [6.45, 7) is 2.23. The number of fused-ring (bicyclic) bond motifs is 7. The topological polar surface area (TPSA) is 53.3 Å². The fourth-order valence-electron chi connectivity index (χ4n) is 13.9. The second-order valence-electron chi connectivity index (χ2n) is 23.2. The molecule has 0 saturated heterocycles. The molecule has 2 aliphatic rings. The summed E-state index contributed by atoms with van der Waals surface area (Å²) >= 11 is 0. The lowest BCUT2D eigenvalue weighted by Crippen LogP contribution is -2.61. The average Bonchev–Trinajstić information content (AvgIpc) is 0.834. The fourth-order valence-corrected chi connectivity index (χ4v) is 13.9. The van der Waals surface area contributed by atoms with Crippen molar-refractivity contribution in [1.29, 1.82) is 0 Å². The van der Waals surface area contributed by atoms with E-state index in [-0.39, 0.29) is 6.71 Å². The summed E-state index contributed by atoms with van der Waals surface area (Å²) in [6, 6.07) is 116. The van der Waals surface area contributed by atoms with Gasteiger partial charge in [0, 0.05) is 84.2 Å². The van der Waals surface area contributed by atoms with E-state index >= 15 is 0 Å². The minimum atomic E-state index is 0.0518. The maximum atomic E-state index is 5.44. The minimum Gasteiger partial charge on any atom is -0.311 e. The smallest absolute Gasteiger partial charge is 0.252 e. The third-order valence-electron chi connectivity index (χ3n) is 17.8. The van der Waals surface area contributed by atoms with Gasteiger partial charge in [0.2, 0.25) is 0 Å². The third kappa shape index (κ3) is 8.87. The van der Waals surface area contributed by atoms with Crippen molar-refractivity contribution in [1.82, 2.24) is 19.5 Å². The predicted octanol–water partition coefficient (Wildman–Crippen LogP) is 19.2. The number of benzene rings is 13. The Morgan fingerprint density at radius 1 is 0.311 bits per heavy atom. The van der Waals surface area contributed by atoms with Gasteiger partial charge < -0.3 is 19.3 Å². The van der Waals surface area contributed by atoms with E-state index in [4.69, 9.17) is 15.0 Å². The van der Waals surface area contributed by atoms with E-state index in [1.807, 2.05) is 36.4 Å². The molecule has 90 heavy (non-hydrogen) atoms. The zero-order valence-corrected chi connectivity index (χ0v) is 49.3. The van der Waals surface area contributed by atoms with Gasteiger partial charge in [0.05, 0.1) is 16.7 Å². The van der Waals surface area contributed by atoms with Crippen molar-refractivity contribution in [2.24, 2.45) is 0 Å². The summed E-state index contributed by atoms with van der Waals surface area (Å²) in [5.74, 6) is 1.77. The molecule has 17 rings (SSSR count). The van der Waals surface area contributed by atoms with Gasteiger partial charge in [0.1, 0.15) is 0 Å². The zero-order chi connectivity index (χ0) is 59.7. The minimum absolute atomic E-state index is 0.0518. The summed E-state index contributed by atoms with van der Waals surface area (Å²) in [6.07, 6.45) is 0. The first-order chi connectivity index (χ1) is 44.6. The van der Waals surface area contributed by atoms with Gasteiger partial charge >= 0.3 is 0 Å². The van der Waals surface area contributed by atoms with Crippen LogP contribution < -0.4 is 31.1 Å². The molecule has 0 fully saturated rings. The van der Waals surface area contributed by atoms with Crippen LogP contribution in [0.3, 0.4) is 0 Å². The van der Waals surface area contributed by atoms with Crippen molar-refractivity contribution in [2.45, 2.75) is 6.92 Å². The molecule has 2 aromatic heterocycles. The van der Waals surface area contributed by atoms with Crippen molar-refractivity contribution in [2.75, 3.05) is 14.7 Å². The standard InChI is InChI=1S/C82H56BN7/c1-55-47-49-72-68(51-55)69-54-65(87(61-32-11-4-12-33-61)62-34-13-5-14-35-62)48-50-73(69)90(72)79-66(39-23-40-67(79)82-85-80(56-25-7-2-8-26-56)84-81(86-82)57-27-9-3-10-28-57)60-31-21-29-58(52-60)59-30-22-38-64(53-59)89-75-44-20-18-42-71(75)83-70-41-17-19-43-74(70)88(63-36-15-6-16-37-63)76-45-24-46-77(89)78(76)83/h2-54H,1H3. The molecular formula is C82H56BN7. The summed E-state index contributed by atoms with van der Waals surface area (Å²) < 4.78 is 2.45. The molecule has 7 nitrogen and oxygen atoms in total. The highest BCUT2D eigenvalue weighted by Gasteiger charge is 2.43. The molecular weight excluding hydrogens is 1090 g/mol. The second kappa shape index (κ2) is 21.8. The van der Waals surface area contributed by atoms with Crippen molar-refractivity contribution in [3.8, 4) is 62.1 Å². The molecule has 422 valence electrons. The lowest BCUT2D eigenvalue weighted by molar-refractivity contribution is 1.06. The van der Waals surface area contributed by atoms with Gasteiger partial charge in [-0.3, -0.25) is 0 Å². The van der Waals surface area contributed by atoms with Crippen LogP contribution in [0.1, 0.15) is 5.56 Å². The van der Waals surface area contributed by atoms with Crippen molar-refractivity contribution in [3.63, 3.8) is 0 Å². The Labute approximate surface area is 523 Å². The number of rotatable bonds is 11. The van der Waals surface area contributed by atoms with E-state index < -0.39 is 0 Å². The quantitative estimate of drug-likeness (QED) is 0.120. The normalized spacial score (nSPS) is 12.2. The Hall–Kier alpha value is -11.9. The first-order valence-corrected chi connectivity index (χ1v) is 30.7. The van der Waals surface area contributed by atoms with Gasteiger partial charge in [-0.15, -0.1) is 0 Å². The van der Waals surface area contributed by atoms with Crippen molar-refractivity contribution in [3.05, 3.63) is 327 Å². The molecule has 8 heteroatoms. The molecule has 0 atom stereocenters. The molecule has 0 spiro atoms. The molecule has 15 aromatic rings. The molecule has 0 N–H and O–H groups in total.